The van der Waals surface area contributed by atoms with E-state index in [1.807, 2.05) is 23.9 Å². The van der Waals surface area contributed by atoms with Gasteiger partial charge in [-0.05, 0) is 40.8 Å². The number of hydrogen-bond donors (Lipinski definition) is 1. The maximum absolute atomic E-state index is 6.21. The number of methoxy groups -OCH3 is 1. The van der Waals surface area contributed by atoms with E-state index in [-0.39, 0.29) is 17.7 Å². The van der Waals surface area contributed by atoms with Gasteiger partial charge in [-0.3, -0.25) is 0 Å². The molecule has 2 unspecified atom stereocenters. The van der Waals surface area contributed by atoms with Crippen LogP contribution in [0.25, 0.3) is 0 Å². The van der Waals surface area contributed by atoms with E-state index in [1.165, 1.54) is 11.1 Å². The fourth-order valence-corrected chi connectivity index (χ4v) is 4.22. The lowest BCUT2D eigenvalue weighted by Crippen LogP contribution is -2.53. The number of benzene rings is 2. The number of ether oxygens (including phenoxy) is 1. The molecule has 1 aliphatic rings. The second-order valence-electron chi connectivity index (χ2n) is 7.10. The standard InChI is InChI=1S/C21H25N5O/c1-27-21(18-10-6-3-7-11-18)13-12-19(26-16-23-24-25-26)14-20(21)22-15-17-8-4-2-5-9-17/h2-11,16,19-20,22H,12-15H2,1H3/t19?,20?,21-/m0/s1. The van der Waals surface area contributed by atoms with E-state index < -0.39 is 0 Å². The highest BCUT2D eigenvalue weighted by Gasteiger charge is 2.45. The number of nitrogens with zero attached hydrogens (tertiary/aromatic N) is 4. The molecule has 1 N–H and O–H groups in total. The smallest absolute Gasteiger partial charge is 0.138 e. The number of nitrogens with one attached hydrogen (secondary N) is 1. The molecule has 1 aromatic heterocycles. The van der Waals surface area contributed by atoms with E-state index in [2.05, 4.69) is 69.4 Å². The Morgan fingerprint density at radius 1 is 1.11 bits per heavy atom. The molecule has 6 heteroatoms. The monoisotopic (exact) mass is 363 g/mol. The minimum absolute atomic E-state index is 0.146. The molecule has 0 spiro atoms. The van der Waals surface area contributed by atoms with Crippen LogP contribution in [0.2, 0.25) is 0 Å². The number of hydrogen-bond acceptors (Lipinski definition) is 5. The predicted molar refractivity (Wildman–Crippen MR) is 103 cm³/mol. The lowest BCUT2D eigenvalue weighted by Gasteiger charge is -2.46. The van der Waals surface area contributed by atoms with Gasteiger partial charge in [0.2, 0.25) is 0 Å². The number of tetrazole rings is 1. The minimum atomic E-state index is -0.361. The first-order valence-corrected chi connectivity index (χ1v) is 9.42. The molecule has 0 aliphatic heterocycles. The number of rotatable bonds is 6. The molecule has 0 bridgehead atoms. The molecule has 140 valence electrons. The maximum atomic E-state index is 6.21. The third kappa shape index (κ3) is 3.63. The average Bonchev–Trinajstić information content (AvgIpc) is 3.28. The molecule has 0 saturated heterocycles. The Balaban J connectivity index is 1.62. The Bertz CT molecular complexity index is 824. The maximum Gasteiger partial charge on any atom is 0.138 e. The van der Waals surface area contributed by atoms with E-state index in [0.717, 1.165) is 25.8 Å². The summed E-state index contributed by atoms with van der Waals surface area (Å²) in [6.45, 7) is 0.797. The minimum Gasteiger partial charge on any atom is -0.372 e. The normalized spacial score (nSPS) is 25.4. The summed E-state index contributed by atoms with van der Waals surface area (Å²) in [5.41, 5.74) is 2.12. The van der Waals surface area contributed by atoms with Crippen molar-refractivity contribution in [3.63, 3.8) is 0 Å². The largest absolute Gasteiger partial charge is 0.372 e. The van der Waals surface area contributed by atoms with Gasteiger partial charge in [-0.15, -0.1) is 5.10 Å². The molecule has 4 rings (SSSR count). The van der Waals surface area contributed by atoms with E-state index in [0.29, 0.717) is 0 Å². The zero-order chi connectivity index (χ0) is 18.5. The van der Waals surface area contributed by atoms with Crippen molar-refractivity contribution in [1.29, 1.82) is 0 Å². The summed E-state index contributed by atoms with van der Waals surface area (Å²) in [5, 5.41) is 15.5. The first-order chi connectivity index (χ1) is 13.3. The molecule has 0 radical (unpaired) electrons. The summed E-state index contributed by atoms with van der Waals surface area (Å²) in [7, 11) is 1.82. The van der Waals surface area contributed by atoms with Gasteiger partial charge in [-0.2, -0.15) is 0 Å². The van der Waals surface area contributed by atoms with Gasteiger partial charge in [0, 0.05) is 19.7 Å². The quantitative estimate of drug-likeness (QED) is 0.729. The summed E-state index contributed by atoms with van der Waals surface area (Å²) in [6.07, 6.45) is 4.49. The molecule has 2 aromatic carbocycles. The van der Waals surface area contributed by atoms with E-state index in [4.69, 9.17) is 4.74 Å². The third-order valence-electron chi connectivity index (χ3n) is 5.68. The summed E-state index contributed by atoms with van der Waals surface area (Å²) in [6, 6.07) is 21.4. The van der Waals surface area contributed by atoms with Gasteiger partial charge >= 0.3 is 0 Å². The van der Waals surface area contributed by atoms with Gasteiger partial charge in [-0.1, -0.05) is 60.7 Å². The van der Waals surface area contributed by atoms with E-state index in [1.54, 1.807) is 6.33 Å². The van der Waals surface area contributed by atoms with Gasteiger partial charge in [0.25, 0.3) is 0 Å². The van der Waals surface area contributed by atoms with Crippen LogP contribution in [0.3, 0.4) is 0 Å². The Labute approximate surface area is 159 Å². The average molecular weight is 363 g/mol. The zero-order valence-corrected chi connectivity index (χ0v) is 15.5. The molecule has 1 heterocycles. The summed E-state index contributed by atoms with van der Waals surface area (Å²) in [5.74, 6) is 0. The van der Waals surface area contributed by atoms with E-state index >= 15 is 0 Å². The second kappa shape index (κ2) is 7.98. The lowest BCUT2D eigenvalue weighted by molar-refractivity contribution is -0.0804. The Kier molecular flexibility index (Phi) is 5.27. The van der Waals surface area contributed by atoms with Crippen molar-refractivity contribution in [2.24, 2.45) is 0 Å². The van der Waals surface area contributed by atoms with Gasteiger partial charge in [0.05, 0.1) is 6.04 Å². The van der Waals surface area contributed by atoms with E-state index in [9.17, 15) is 0 Å². The predicted octanol–water partition coefficient (Wildman–Crippen LogP) is 3.10. The summed E-state index contributed by atoms with van der Waals surface area (Å²) < 4.78 is 8.08. The van der Waals surface area contributed by atoms with Crippen LogP contribution in [0, 0.1) is 0 Å². The van der Waals surface area contributed by atoms with Crippen molar-refractivity contribution < 1.29 is 4.74 Å². The van der Waals surface area contributed by atoms with Gasteiger partial charge in [0.15, 0.2) is 0 Å². The highest BCUT2D eigenvalue weighted by molar-refractivity contribution is 5.26. The zero-order valence-electron chi connectivity index (χ0n) is 15.5. The van der Waals surface area contributed by atoms with Crippen molar-refractivity contribution in [3.8, 4) is 0 Å². The van der Waals surface area contributed by atoms with Crippen LogP contribution in [0.15, 0.2) is 67.0 Å². The van der Waals surface area contributed by atoms with Gasteiger partial charge in [0.1, 0.15) is 11.9 Å². The Morgan fingerprint density at radius 3 is 2.52 bits per heavy atom. The molecular weight excluding hydrogens is 338 g/mol. The molecule has 6 nitrogen and oxygen atoms in total. The van der Waals surface area contributed by atoms with Crippen LogP contribution in [-0.2, 0) is 16.9 Å². The highest BCUT2D eigenvalue weighted by Crippen LogP contribution is 2.43. The third-order valence-corrected chi connectivity index (χ3v) is 5.68. The molecule has 27 heavy (non-hydrogen) atoms. The molecule has 1 saturated carbocycles. The lowest BCUT2D eigenvalue weighted by atomic mass is 9.73. The van der Waals surface area contributed by atoms with Crippen LogP contribution in [-0.4, -0.2) is 33.4 Å². The van der Waals surface area contributed by atoms with Crippen LogP contribution in [0.5, 0.6) is 0 Å². The Hall–Kier alpha value is -2.57. The summed E-state index contributed by atoms with van der Waals surface area (Å²) >= 11 is 0. The van der Waals surface area contributed by atoms with Crippen LogP contribution < -0.4 is 5.32 Å². The second-order valence-corrected chi connectivity index (χ2v) is 7.10. The fraction of sp³-hybridized carbons (Fsp3) is 0.381. The van der Waals surface area contributed by atoms with Crippen molar-refractivity contribution in [1.82, 2.24) is 25.5 Å². The molecule has 0 amide bonds. The SMILES string of the molecule is CO[C@]1(c2ccccc2)CCC(n2cnnn2)CC1NCc1ccccc1. The fourth-order valence-electron chi connectivity index (χ4n) is 4.22. The van der Waals surface area contributed by atoms with Crippen LogP contribution in [0.1, 0.15) is 36.4 Å². The van der Waals surface area contributed by atoms with Crippen molar-refractivity contribution in [2.45, 2.75) is 43.5 Å². The summed E-state index contributed by atoms with van der Waals surface area (Å²) in [4.78, 5) is 0. The van der Waals surface area contributed by atoms with Crippen molar-refractivity contribution >= 4 is 0 Å². The van der Waals surface area contributed by atoms with Crippen molar-refractivity contribution in [3.05, 3.63) is 78.1 Å². The topological polar surface area (TPSA) is 64.9 Å². The molecule has 1 aliphatic carbocycles. The van der Waals surface area contributed by atoms with Gasteiger partial charge in [-0.25, -0.2) is 4.68 Å². The Morgan fingerprint density at radius 2 is 1.85 bits per heavy atom. The molecule has 3 atom stereocenters. The first-order valence-electron chi connectivity index (χ1n) is 9.42. The van der Waals surface area contributed by atoms with Crippen molar-refractivity contribution in [2.75, 3.05) is 7.11 Å². The molecular formula is C21H25N5O. The van der Waals surface area contributed by atoms with Gasteiger partial charge < -0.3 is 10.1 Å². The molecule has 3 aromatic rings. The molecule has 1 fully saturated rings. The highest BCUT2D eigenvalue weighted by atomic mass is 16.5. The first kappa shape index (κ1) is 17.8. The number of aromatic nitrogens is 4. The van der Waals surface area contributed by atoms with Crippen LogP contribution >= 0.6 is 0 Å². The van der Waals surface area contributed by atoms with Crippen LogP contribution in [0.4, 0.5) is 0 Å².